The highest BCUT2D eigenvalue weighted by molar-refractivity contribution is 7.80. The van der Waals surface area contributed by atoms with E-state index in [0.717, 1.165) is 10.5 Å². The van der Waals surface area contributed by atoms with E-state index in [2.05, 4.69) is 32.2 Å². The number of rotatable bonds is 1. The second-order valence-electron chi connectivity index (χ2n) is 2.75. The van der Waals surface area contributed by atoms with E-state index < -0.39 is 0 Å². The quantitative estimate of drug-likeness (QED) is 0.605. The van der Waals surface area contributed by atoms with Crippen LogP contribution in [0.2, 0.25) is 0 Å². The van der Waals surface area contributed by atoms with E-state index in [1.165, 1.54) is 11.1 Å². The minimum Gasteiger partial charge on any atom is -0.143 e. The van der Waals surface area contributed by atoms with Gasteiger partial charge in [0, 0.05) is 4.90 Å². The van der Waals surface area contributed by atoms with Crippen LogP contribution in [0.1, 0.15) is 18.1 Å². The lowest BCUT2D eigenvalue weighted by Crippen LogP contribution is -1.85. The van der Waals surface area contributed by atoms with E-state index in [9.17, 15) is 0 Å². The molecule has 0 spiro atoms. The zero-order valence-corrected chi connectivity index (χ0v) is 7.78. The Morgan fingerprint density at radius 1 is 1.45 bits per heavy atom. The lowest BCUT2D eigenvalue weighted by Gasteiger charge is -2.06. The molecule has 0 nitrogen and oxygen atoms in total. The normalized spacial score (nSPS) is 9.73. The molecule has 0 N–H and O–H groups in total. The fourth-order valence-electron chi connectivity index (χ4n) is 1.21. The Morgan fingerprint density at radius 3 is 2.45 bits per heavy atom. The van der Waals surface area contributed by atoms with E-state index >= 15 is 0 Å². The third-order valence-electron chi connectivity index (χ3n) is 1.68. The van der Waals surface area contributed by atoms with Crippen LogP contribution in [0.3, 0.4) is 0 Å². The Bertz CT molecular complexity index is 267. The average molecular weight is 164 g/mol. The highest BCUT2D eigenvalue weighted by atomic mass is 32.1. The predicted molar refractivity (Wildman–Crippen MR) is 53.1 cm³/mol. The Morgan fingerprint density at radius 2 is 2.09 bits per heavy atom. The molecule has 0 unspecified atom stereocenters. The molecule has 1 rings (SSSR count). The summed E-state index contributed by atoms with van der Waals surface area (Å²) in [6.45, 7) is 7.97. The van der Waals surface area contributed by atoms with Gasteiger partial charge < -0.3 is 0 Å². The van der Waals surface area contributed by atoms with Crippen LogP contribution < -0.4 is 0 Å². The number of benzene rings is 1. The molecule has 0 aliphatic carbocycles. The first-order valence-electron chi connectivity index (χ1n) is 3.57. The molecule has 11 heavy (non-hydrogen) atoms. The van der Waals surface area contributed by atoms with Crippen LogP contribution in [0.5, 0.6) is 0 Å². The van der Waals surface area contributed by atoms with E-state index in [1.54, 1.807) is 0 Å². The number of aryl methyl sites for hydroxylation is 1. The molecule has 0 radical (unpaired) electrons. The third kappa shape index (κ3) is 1.66. The molecule has 0 saturated heterocycles. The largest absolute Gasteiger partial charge is 0.143 e. The van der Waals surface area contributed by atoms with Gasteiger partial charge in [-0.3, -0.25) is 0 Å². The summed E-state index contributed by atoms with van der Waals surface area (Å²) in [5, 5.41) is 0. The molecule has 1 heteroatoms. The van der Waals surface area contributed by atoms with Crippen LogP contribution >= 0.6 is 12.6 Å². The van der Waals surface area contributed by atoms with Gasteiger partial charge in [0.05, 0.1) is 0 Å². The number of thiol groups is 1. The van der Waals surface area contributed by atoms with Crippen molar-refractivity contribution in [2.75, 3.05) is 0 Å². The maximum absolute atomic E-state index is 4.35. The van der Waals surface area contributed by atoms with Gasteiger partial charge in [0.15, 0.2) is 0 Å². The van der Waals surface area contributed by atoms with E-state index in [-0.39, 0.29) is 0 Å². The summed E-state index contributed by atoms with van der Waals surface area (Å²) >= 11 is 4.35. The zero-order valence-electron chi connectivity index (χ0n) is 6.89. The number of hydrogen-bond donors (Lipinski definition) is 1. The molecular formula is C10H12S. The van der Waals surface area contributed by atoms with Crippen LogP contribution in [0.15, 0.2) is 29.7 Å². The van der Waals surface area contributed by atoms with Gasteiger partial charge in [0.2, 0.25) is 0 Å². The molecule has 0 amide bonds. The van der Waals surface area contributed by atoms with Crippen molar-refractivity contribution in [1.29, 1.82) is 0 Å². The second kappa shape index (κ2) is 3.14. The monoisotopic (exact) mass is 164 g/mol. The first-order valence-corrected chi connectivity index (χ1v) is 4.02. The van der Waals surface area contributed by atoms with Gasteiger partial charge in [0.1, 0.15) is 0 Å². The van der Waals surface area contributed by atoms with Crippen LogP contribution in [0.4, 0.5) is 0 Å². The highest BCUT2D eigenvalue weighted by Gasteiger charge is 2.01. The van der Waals surface area contributed by atoms with Gasteiger partial charge >= 0.3 is 0 Å². The van der Waals surface area contributed by atoms with Gasteiger partial charge in [-0.1, -0.05) is 18.7 Å². The molecule has 0 heterocycles. The Hall–Kier alpha value is -0.690. The van der Waals surface area contributed by atoms with Gasteiger partial charge in [0.25, 0.3) is 0 Å². The highest BCUT2D eigenvalue weighted by Crippen LogP contribution is 2.23. The fourth-order valence-corrected chi connectivity index (χ4v) is 1.66. The smallest absolute Gasteiger partial charge is 0.0118 e. The number of allylic oxidation sites excluding steroid dienone is 1. The first-order chi connectivity index (χ1) is 5.13. The molecule has 58 valence electrons. The van der Waals surface area contributed by atoms with Crippen molar-refractivity contribution in [1.82, 2.24) is 0 Å². The Labute approximate surface area is 73.4 Å². The topological polar surface area (TPSA) is 0 Å². The van der Waals surface area contributed by atoms with Gasteiger partial charge in [-0.2, -0.15) is 0 Å². The molecule has 0 aliphatic heterocycles. The maximum atomic E-state index is 4.35. The SMILES string of the molecule is C=C(C)c1c(C)cccc1S. The van der Waals surface area contributed by atoms with Crippen LogP contribution in [-0.2, 0) is 0 Å². The van der Waals surface area contributed by atoms with Crippen LogP contribution in [0.25, 0.3) is 5.57 Å². The summed E-state index contributed by atoms with van der Waals surface area (Å²) in [6, 6.07) is 6.06. The summed E-state index contributed by atoms with van der Waals surface area (Å²) < 4.78 is 0. The van der Waals surface area contributed by atoms with Crippen molar-refractivity contribution >= 4 is 18.2 Å². The standard InChI is InChI=1S/C10H12S/c1-7(2)10-8(3)5-4-6-9(10)11/h4-6,11H,1H2,2-3H3. The summed E-state index contributed by atoms with van der Waals surface area (Å²) in [6.07, 6.45) is 0. The second-order valence-corrected chi connectivity index (χ2v) is 3.23. The van der Waals surface area contributed by atoms with Crippen molar-refractivity contribution in [3.63, 3.8) is 0 Å². The summed E-state index contributed by atoms with van der Waals surface area (Å²) in [5.41, 5.74) is 3.49. The van der Waals surface area contributed by atoms with Crippen molar-refractivity contribution in [3.8, 4) is 0 Å². The molecular weight excluding hydrogens is 152 g/mol. The van der Waals surface area contributed by atoms with Gasteiger partial charge in [-0.15, -0.1) is 12.6 Å². The van der Waals surface area contributed by atoms with Crippen molar-refractivity contribution in [3.05, 3.63) is 35.9 Å². The number of hydrogen-bond acceptors (Lipinski definition) is 1. The lowest BCUT2D eigenvalue weighted by molar-refractivity contribution is 1.31. The molecule has 0 bridgehead atoms. The fraction of sp³-hybridized carbons (Fsp3) is 0.200. The summed E-state index contributed by atoms with van der Waals surface area (Å²) in [5.74, 6) is 0. The molecule has 0 aliphatic rings. The first kappa shape index (κ1) is 8.41. The van der Waals surface area contributed by atoms with Crippen LogP contribution in [-0.4, -0.2) is 0 Å². The molecule has 0 aromatic heterocycles. The van der Waals surface area contributed by atoms with Crippen molar-refractivity contribution < 1.29 is 0 Å². The van der Waals surface area contributed by atoms with Crippen molar-refractivity contribution in [2.45, 2.75) is 18.7 Å². The average Bonchev–Trinajstić information content (AvgIpc) is 1.85. The van der Waals surface area contributed by atoms with E-state index in [4.69, 9.17) is 0 Å². The molecule has 1 aromatic carbocycles. The third-order valence-corrected chi connectivity index (χ3v) is 2.05. The summed E-state index contributed by atoms with van der Waals surface area (Å²) in [7, 11) is 0. The lowest BCUT2D eigenvalue weighted by atomic mass is 10.0. The van der Waals surface area contributed by atoms with Gasteiger partial charge in [-0.25, -0.2) is 0 Å². The maximum Gasteiger partial charge on any atom is 0.0118 e. The molecule has 0 fully saturated rings. The zero-order chi connectivity index (χ0) is 8.43. The Kier molecular flexibility index (Phi) is 2.40. The Balaban J connectivity index is 3.32. The minimum atomic E-state index is 1.01. The van der Waals surface area contributed by atoms with E-state index in [0.29, 0.717) is 0 Å². The molecule has 0 atom stereocenters. The predicted octanol–water partition coefficient (Wildman–Crippen LogP) is 3.32. The molecule has 0 saturated carbocycles. The minimum absolute atomic E-state index is 1.01. The van der Waals surface area contributed by atoms with E-state index in [1.807, 2.05) is 19.1 Å². The van der Waals surface area contributed by atoms with Gasteiger partial charge in [-0.05, 0) is 36.6 Å². The van der Waals surface area contributed by atoms with Crippen LogP contribution in [0, 0.1) is 6.92 Å². The van der Waals surface area contributed by atoms with Crippen molar-refractivity contribution in [2.24, 2.45) is 0 Å². The molecule has 1 aromatic rings. The summed E-state index contributed by atoms with van der Waals surface area (Å²) in [4.78, 5) is 1.01.